The van der Waals surface area contributed by atoms with Crippen molar-refractivity contribution < 1.29 is 43.2 Å². The van der Waals surface area contributed by atoms with Gasteiger partial charge in [0.15, 0.2) is 0 Å². The maximum atomic E-state index is 13.2. The smallest absolute Gasteiger partial charge is 0.408 e. The Morgan fingerprint density at radius 3 is 2.02 bits per heavy atom. The Kier molecular flexibility index (Phi) is 10.9. The van der Waals surface area contributed by atoms with Gasteiger partial charge in [-0.1, -0.05) is 12.1 Å². The Labute approximate surface area is 233 Å². The number of carboxylic acid groups (broad SMARTS) is 1. The third-order valence-electron chi connectivity index (χ3n) is 5.72. The molecule has 0 spiro atoms. The minimum atomic E-state index is -1.32. The van der Waals surface area contributed by atoms with E-state index in [1.54, 1.807) is 57.2 Å². The van der Waals surface area contributed by atoms with Gasteiger partial charge in [-0.05, 0) is 69.5 Å². The molecule has 0 radical (unpaired) electrons. The van der Waals surface area contributed by atoms with Crippen molar-refractivity contribution >= 4 is 23.9 Å². The average Bonchev–Trinajstić information content (AvgIpc) is 2.89. The Hall–Kier alpha value is -4.32. The first-order valence-corrected chi connectivity index (χ1v) is 12.4. The molecule has 0 saturated heterocycles. The number of methoxy groups -OCH3 is 3. The summed E-state index contributed by atoms with van der Waals surface area (Å²) in [5.41, 5.74) is 7.19. The van der Waals surface area contributed by atoms with Crippen LogP contribution in [-0.4, -0.2) is 68.1 Å². The summed E-state index contributed by atoms with van der Waals surface area (Å²) in [5.74, 6) is -1.68. The molecule has 0 saturated carbocycles. The molecule has 218 valence electrons. The molecule has 0 unspecified atom stereocenters. The number of hydrogen-bond acceptors (Lipinski definition) is 9. The Bertz CT molecular complexity index is 1240. The van der Waals surface area contributed by atoms with Gasteiger partial charge in [-0.15, -0.1) is 0 Å². The summed E-state index contributed by atoms with van der Waals surface area (Å²) in [6.07, 6.45) is -0.686. The number of ether oxygens (including phenoxy) is 4. The zero-order valence-corrected chi connectivity index (χ0v) is 23.7. The second-order valence-electron chi connectivity index (χ2n) is 9.98. The third-order valence-corrected chi connectivity index (χ3v) is 5.72. The molecule has 2 aromatic carbocycles. The molecule has 0 aliphatic carbocycles. The van der Waals surface area contributed by atoms with E-state index in [-0.39, 0.29) is 6.42 Å². The van der Waals surface area contributed by atoms with Gasteiger partial charge in [0.05, 0.1) is 21.3 Å². The van der Waals surface area contributed by atoms with Gasteiger partial charge in [0.25, 0.3) is 0 Å². The molecule has 0 aliphatic rings. The zero-order valence-electron chi connectivity index (χ0n) is 23.7. The molecular weight excluding hydrogens is 522 g/mol. The molecule has 0 aromatic heterocycles. The van der Waals surface area contributed by atoms with Crippen molar-refractivity contribution in [3.63, 3.8) is 0 Å². The van der Waals surface area contributed by atoms with Crippen molar-refractivity contribution in [2.24, 2.45) is 5.73 Å². The number of aliphatic carboxylic acids is 1. The highest BCUT2D eigenvalue weighted by Crippen LogP contribution is 2.39. The Balaban J connectivity index is 2.62. The largest absolute Gasteiger partial charge is 0.496 e. The zero-order chi connectivity index (χ0) is 30.2. The van der Waals surface area contributed by atoms with Crippen LogP contribution in [0.5, 0.6) is 11.5 Å². The van der Waals surface area contributed by atoms with E-state index in [2.05, 4.69) is 10.6 Å². The third kappa shape index (κ3) is 8.60. The Morgan fingerprint density at radius 2 is 1.50 bits per heavy atom. The lowest BCUT2D eigenvalue weighted by Gasteiger charge is -2.25. The standard InChI is InChI=1S/C28H37N3O9/c1-15(25(33)34)30-24(32)23(31-27(36)40-28(2,3)4)17-9-11-22(38-6)19(14-17)18-12-16(8-10-21(18)37-5)13-20(29)26(35)39-7/h8-12,14-15,20,23H,13,29H2,1-7H3,(H,30,32)(H,31,36)(H,33,34)/t15-,20-,23-/m0/s1. The predicted molar refractivity (Wildman–Crippen MR) is 146 cm³/mol. The van der Waals surface area contributed by atoms with Gasteiger partial charge in [0.2, 0.25) is 5.91 Å². The van der Waals surface area contributed by atoms with E-state index in [1.807, 2.05) is 0 Å². The fraction of sp³-hybridized carbons (Fsp3) is 0.429. The van der Waals surface area contributed by atoms with Crippen LogP contribution in [-0.2, 0) is 30.3 Å². The molecule has 0 heterocycles. The number of alkyl carbamates (subject to hydrolysis) is 1. The molecule has 2 amide bonds. The lowest BCUT2D eigenvalue weighted by Crippen LogP contribution is -2.47. The quantitative estimate of drug-likeness (QED) is 0.299. The van der Waals surface area contributed by atoms with Gasteiger partial charge >= 0.3 is 18.0 Å². The lowest BCUT2D eigenvalue weighted by atomic mass is 9.94. The highest BCUT2D eigenvalue weighted by Gasteiger charge is 2.29. The summed E-state index contributed by atoms with van der Waals surface area (Å²) in [5, 5.41) is 14.2. The first kappa shape index (κ1) is 31.9. The monoisotopic (exact) mass is 559 g/mol. The van der Waals surface area contributed by atoms with Gasteiger partial charge in [-0.2, -0.15) is 0 Å². The predicted octanol–water partition coefficient (Wildman–Crippen LogP) is 2.57. The van der Waals surface area contributed by atoms with Crippen molar-refractivity contribution in [3.05, 3.63) is 47.5 Å². The van der Waals surface area contributed by atoms with Crippen LogP contribution in [0.3, 0.4) is 0 Å². The lowest BCUT2D eigenvalue weighted by molar-refractivity contribution is -0.142. The van der Waals surface area contributed by atoms with E-state index in [0.29, 0.717) is 33.8 Å². The van der Waals surface area contributed by atoms with Crippen LogP contribution in [0.2, 0.25) is 0 Å². The molecular formula is C28H37N3O9. The van der Waals surface area contributed by atoms with Gasteiger partial charge in [-0.3, -0.25) is 14.4 Å². The van der Waals surface area contributed by atoms with Crippen LogP contribution in [0.1, 0.15) is 44.9 Å². The molecule has 40 heavy (non-hydrogen) atoms. The van der Waals surface area contributed by atoms with Gasteiger partial charge in [-0.25, -0.2) is 4.79 Å². The Morgan fingerprint density at radius 1 is 0.925 bits per heavy atom. The number of benzene rings is 2. The number of carbonyl (C=O) groups excluding carboxylic acids is 3. The van der Waals surface area contributed by atoms with Crippen molar-refractivity contribution in [2.75, 3.05) is 21.3 Å². The summed E-state index contributed by atoms with van der Waals surface area (Å²) in [6.45, 7) is 6.32. The second kappa shape index (κ2) is 13.7. The first-order valence-electron chi connectivity index (χ1n) is 12.4. The summed E-state index contributed by atoms with van der Waals surface area (Å²) in [4.78, 5) is 49.1. The van der Waals surface area contributed by atoms with Crippen molar-refractivity contribution in [2.45, 2.75) is 57.8 Å². The van der Waals surface area contributed by atoms with E-state index in [1.165, 1.54) is 28.3 Å². The van der Waals surface area contributed by atoms with Crippen molar-refractivity contribution in [1.29, 1.82) is 0 Å². The summed E-state index contributed by atoms with van der Waals surface area (Å²) >= 11 is 0. The van der Waals surface area contributed by atoms with E-state index in [4.69, 9.17) is 24.7 Å². The number of carboxylic acids is 1. The van der Waals surface area contributed by atoms with Crippen LogP contribution < -0.4 is 25.8 Å². The van der Waals surface area contributed by atoms with Crippen LogP contribution in [0.25, 0.3) is 11.1 Å². The second-order valence-corrected chi connectivity index (χ2v) is 9.98. The van der Waals surface area contributed by atoms with Crippen LogP contribution >= 0.6 is 0 Å². The number of esters is 1. The van der Waals surface area contributed by atoms with Gasteiger partial charge in [0, 0.05) is 11.1 Å². The van der Waals surface area contributed by atoms with E-state index in [9.17, 15) is 24.3 Å². The minimum absolute atomic E-state index is 0.185. The molecule has 3 atom stereocenters. The first-order chi connectivity index (χ1) is 18.7. The van der Waals surface area contributed by atoms with Crippen molar-refractivity contribution in [3.8, 4) is 22.6 Å². The minimum Gasteiger partial charge on any atom is -0.496 e. The molecule has 12 nitrogen and oxygen atoms in total. The molecule has 2 rings (SSSR count). The molecule has 5 N–H and O–H groups in total. The number of carbonyl (C=O) groups is 4. The number of nitrogens with two attached hydrogens (primary N) is 1. The normalized spacial score (nSPS) is 13.3. The number of amides is 2. The van der Waals surface area contributed by atoms with Gasteiger partial charge < -0.3 is 40.4 Å². The maximum absolute atomic E-state index is 13.2. The van der Waals surface area contributed by atoms with E-state index in [0.717, 1.165) is 0 Å². The molecule has 12 heteroatoms. The highest BCUT2D eigenvalue weighted by atomic mass is 16.6. The van der Waals surface area contributed by atoms with Gasteiger partial charge in [0.1, 0.15) is 35.2 Å². The van der Waals surface area contributed by atoms with E-state index < -0.39 is 47.7 Å². The SMILES string of the molecule is COC(=O)[C@@H](N)Cc1ccc(OC)c(-c2cc([C@H](NC(=O)OC(C)(C)C)C(=O)N[C@@H](C)C(=O)O)ccc2OC)c1. The van der Waals surface area contributed by atoms with Crippen LogP contribution in [0.15, 0.2) is 36.4 Å². The molecule has 0 aliphatic heterocycles. The number of rotatable bonds is 11. The number of hydrogen-bond donors (Lipinski definition) is 4. The highest BCUT2D eigenvalue weighted by molar-refractivity contribution is 5.91. The van der Waals surface area contributed by atoms with Crippen molar-refractivity contribution in [1.82, 2.24) is 10.6 Å². The fourth-order valence-corrected chi connectivity index (χ4v) is 3.78. The average molecular weight is 560 g/mol. The summed E-state index contributed by atoms with van der Waals surface area (Å²) in [7, 11) is 4.22. The van der Waals surface area contributed by atoms with Crippen LogP contribution in [0.4, 0.5) is 4.79 Å². The molecule has 2 aromatic rings. The van der Waals surface area contributed by atoms with Crippen LogP contribution in [0, 0.1) is 0 Å². The van der Waals surface area contributed by atoms with E-state index >= 15 is 0 Å². The molecule has 0 fully saturated rings. The number of nitrogens with one attached hydrogen (secondary N) is 2. The summed E-state index contributed by atoms with van der Waals surface area (Å²) < 4.78 is 21.2. The molecule has 0 bridgehead atoms. The maximum Gasteiger partial charge on any atom is 0.408 e. The fourth-order valence-electron chi connectivity index (χ4n) is 3.78. The summed E-state index contributed by atoms with van der Waals surface area (Å²) in [6, 6.07) is 6.61. The topological polar surface area (TPSA) is 176 Å².